The molecule has 224 valence electrons. The van der Waals surface area contributed by atoms with Crippen LogP contribution in [0.15, 0.2) is 42.5 Å². The van der Waals surface area contributed by atoms with Crippen LogP contribution in [0.1, 0.15) is 30.1 Å². The highest BCUT2D eigenvalue weighted by Crippen LogP contribution is 2.45. The molecule has 2 aliphatic heterocycles. The number of aromatic nitrogens is 1. The molecule has 3 heterocycles. The summed E-state index contributed by atoms with van der Waals surface area (Å²) in [6.45, 7) is 1.65. The highest BCUT2D eigenvalue weighted by molar-refractivity contribution is 5.86. The van der Waals surface area contributed by atoms with Gasteiger partial charge in [0.2, 0.25) is 0 Å². The van der Waals surface area contributed by atoms with Crippen molar-refractivity contribution in [2.75, 3.05) is 48.1 Å². The Morgan fingerprint density at radius 3 is 2.40 bits per heavy atom. The number of benzene rings is 2. The first-order chi connectivity index (χ1) is 20.4. The third kappa shape index (κ3) is 5.18. The number of esters is 2. The lowest BCUT2D eigenvalue weighted by molar-refractivity contribution is -0.945. The van der Waals surface area contributed by atoms with Crippen molar-refractivity contribution in [2.45, 2.75) is 37.5 Å². The maximum atomic E-state index is 13.3. The second kappa shape index (κ2) is 11.9. The third-order valence-corrected chi connectivity index (χ3v) is 9.48. The molecule has 0 amide bonds. The number of methoxy groups -OCH3 is 4. The van der Waals surface area contributed by atoms with Crippen LogP contribution in [0.25, 0.3) is 10.9 Å². The van der Waals surface area contributed by atoms with Gasteiger partial charge in [-0.3, -0.25) is 4.79 Å². The number of ether oxygens (including phenoxy) is 6. The molecule has 0 spiro atoms. The second-order valence-electron chi connectivity index (χ2n) is 11.5. The third-order valence-electron chi connectivity index (χ3n) is 9.48. The molecule has 42 heavy (non-hydrogen) atoms. The molecule has 0 bridgehead atoms. The average Bonchev–Trinajstić information content (AvgIpc) is 3.40. The van der Waals surface area contributed by atoms with Gasteiger partial charge in [-0.25, -0.2) is 4.79 Å². The molecule has 2 fully saturated rings. The summed E-state index contributed by atoms with van der Waals surface area (Å²) in [6.07, 6.45) is 1.23. The Labute approximate surface area is 245 Å². The quantitative estimate of drug-likeness (QED) is 0.392. The fourth-order valence-electron chi connectivity index (χ4n) is 7.58. The number of H-pyrrole nitrogens is 1. The predicted molar refractivity (Wildman–Crippen MR) is 153 cm³/mol. The Hall–Kier alpha value is -3.76. The van der Waals surface area contributed by atoms with E-state index in [1.807, 2.05) is 6.07 Å². The van der Waals surface area contributed by atoms with Crippen molar-refractivity contribution in [3.8, 4) is 17.2 Å². The van der Waals surface area contributed by atoms with Crippen molar-refractivity contribution in [1.82, 2.24) is 4.98 Å². The van der Waals surface area contributed by atoms with Crippen LogP contribution >= 0.6 is 0 Å². The zero-order valence-corrected chi connectivity index (χ0v) is 24.5. The summed E-state index contributed by atoms with van der Waals surface area (Å²) in [5.74, 6) is 0.899. The molecule has 1 aromatic heterocycles. The molecule has 1 aliphatic carbocycles. The number of hydrogen-bond donors (Lipinski definition) is 2. The van der Waals surface area contributed by atoms with Crippen LogP contribution in [0.4, 0.5) is 0 Å². The molecule has 10 nitrogen and oxygen atoms in total. The lowest BCUT2D eigenvalue weighted by Gasteiger charge is -2.50. The van der Waals surface area contributed by atoms with Gasteiger partial charge in [-0.15, -0.1) is 0 Å². The van der Waals surface area contributed by atoms with Crippen LogP contribution in [0.2, 0.25) is 0 Å². The smallest absolute Gasteiger partial charge is 0.344 e. The SMILES string of the molecule is COC(=O)[C@H]1[C@H]2C[C@@H]3c4[nH]c5cc(OC)ccc5c4CC[NH+]3C[C@H]2C[C@@H](OC(=O)COc2ccc(OC)cc2)[C@@H]1OC. The standard InChI is InChI=1S/C32H38N2O8/c1-37-19-5-7-20(8-6-19)41-17-28(35)42-27-13-18-16-34-12-11-23-22-10-9-21(38-2)14-25(22)33-30(23)26(34)15-24(18)29(31(27)39-3)32(36)40-4/h5-10,14,18,24,26-27,29,31,33H,11-13,15-17H2,1-4H3/p+1/t18-,24+,26-,27-,29+,31+/m1/s1. The van der Waals surface area contributed by atoms with E-state index in [-0.39, 0.29) is 30.5 Å². The molecule has 1 unspecified atom stereocenters. The Bertz CT molecular complexity index is 1440. The fraction of sp³-hybridized carbons (Fsp3) is 0.500. The van der Waals surface area contributed by atoms with Gasteiger partial charge in [-0.05, 0) is 54.3 Å². The van der Waals surface area contributed by atoms with Crippen LogP contribution < -0.4 is 19.1 Å². The molecule has 3 aromatic rings. The van der Waals surface area contributed by atoms with Gasteiger partial charge in [0.05, 0.1) is 46.0 Å². The number of quaternary nitrogens is 1. The van der Waals surface area contributed by atoms with Gasteiger partial charge in [0, 0.05) is 42.8 Å². The fourth-order valence-corrected chi connectivity index (χ4v) is 7.58. The molecule has 10 heteroatoms. The van der Waals surface area contributed by atoms with Crippen LogP contribution in [-0.2, 0) is 30.2 Å². The molecule has 1 saturated heterocycles. The summed E-state index contributed by atoms with van der Waals surface area (Å²) in [4.78, 5) is 31.4. The molecule has 3 aliphatic rings. The van der Waals surface area contributed by atoms with E-state index in [1.165, 1.54) is 28.7 Å². The Morgan fingerprint density at radius 1 is 0.952 bits per heavy atom. The number of hydrogen-bond acceptors (Lipinski definition) is 8. The van der Waals surface area contributed by atoms with E-state index >= 15 is 0 Å². The minimum atomic E-state index is -0.611. The first kappa shape index (κ1) is 28.4. The molecule has 7 atom stereocenters. The number of piperidine rings is 1. The Balaban J connectivity index is 1.21. The Kier molecular flexibility index (Phi) is 8.00. The van der Waals surface area contributed by atoms with Crippen molar-refractivity contribution >= 4 is 22.8 Å². The summed E-state index contributed by atoms with van der Waals surface area (Å²) < 4.78 is 33.4. The first-order valence-corrected chi connectivity index (χ1v) is 14.5. The topological polar surface area (TPSA) is 110 Å². The lowest BCUT2D eigenvalue weighted by atomic mass is 9.64. The molecular weight excluding hydrogens is 540 g/mol. The zero-order chi connectivity index (χ0) is 29.4. The van der Waals surface area contributed by atoms with Crippen molar-refractivity contribution < 1.29 is 42.9 Å². The van der Waals surface area contributed by atoms with Gasteiger partial charge >= 0.3 is 11.9 Å². The highest BCUT2D eigenvalue weighted by Gasteiger charge is 2.56. The summed E-state index contributed by atoms with van der Waals surface area (Å²) >= 11 is 0. The van der Waals surface area contributed by atoms with E-state index < -0.39 is 24.1 Å². The van der Waals surface area contributed by atoms with Crippen molar-refractivity contribution in [3.63, 3.8) is 0 Å². The van der Waals surface area contributed by atoms with E-state index in [9.17, 15) is 9.59 Å². The number of nitrogens with one attached hydrogen (secondary N) is 2. The van der Waals surface area contributed by atoms with Gasteiger partial charge in [-0.1, -0.05) is 0 Å². The number of fused-ring (bicyclic) bond motifs is 6. The van der Waals surface area contributed by atoms with E-state index in [0.717, 1.165) is 37.2 Å². The van der Waals surface area contributed by atoms with Gasteiger partial charge in [0.25, 0.3) is 0 Å². The number of carbonyl (C=O) groups excluding carboxylic acids is 2. The van der Waals surface area contributed by atoms with Crippen LogP contribution in [0.5, 0.6) is 17.2 Å². The van der Waals surface area contributed by atoms with Crippen molar-refractivity contribution in [2.24, 2.45) is 17.8 Å². The van der Waals surface area contributed by atoms with E-state index in [2.05, 4.69) is 17.1 Å². The van der Waals surface area contributed by atoms with Crippen LogP contribution in [0, 0.1) is 17.8 Å². The number of carbonyl (C=O) groups is 2. The highest BCUT2D eigenvalue weighted by atomic mass is 16.6. The van der Waals surface area contributed by atoms with E-state index in [4.69, 9.17) is 28.4 Å². The normalized spacial score (nSPS) is 28.1. The molecule has 2 aromatic carbocycles. The largest absolute Gasteiger partial charge is 0.497 e. The predicted octanol–water partition coefficient (Wildman–Crippen LogP) is 2.50. The second-order valence-corrected chi connectivity index (χ2v) is 11.5. The number of rotatable bonds is 8. The zero-order valence-electron chi connectivity index (χ0n) is 24.5. The first-order valence-electron chi connectivity index (χ1n) is 14.5. The maximum Gasteiger partial charge on any atom is 0.344 e. The molecule has 1 saturated carbocycles. The minimum Gasteiger partial charge on any atom is -0.497 e. The van der Waals surface area contributed by atoms with E-state index in [0.29, 0.717) is 17.9 Å². The molecule has 2 N–H and O–H groups in total. The average molecular weight is 580 g/mol. The summed E-state index contributed by atoms with van der Waals surface area (Å²) in [6, 6.07) is 13.4. The lowest BCUT2D eigenvalue weighted by Crippen LogP contribution is -3.15. The van der Waals surface area contributed by atoms with Gasteiger partial charge in [0.1, 0.15) is 35.5 Å². The number of aromatic amines is 1. The Morgan fingerprint density at radius 2 is 1.69 bits per heavy atom. The van der Waals surface area contributed by atoms with Gasteiger partial charge in [0.15, 0.2) is 6.61 Å². The monoisotopic (exact) mass is 579 g/mol. The van der Waals surface area contributed by atoms with Crippen molar-refractivity contribution in [1.29, 1.82) is 0 Å². The van der Waals surface area contributed by atoms with Crippen LogP contribution in [0.3, 0.4) is 0 Å². The molecule has 0 radical (unpaired) electrons. The summed E-state index contributed by atoms with van der Waals surface area (Å²) in [7, 11) is 6.25. The van der Waals surface area contributed by atoms with Gasteiger partial charge < -0.3 is 38.3 Å². The summed E-state index contributed by atoms with van der Waals surface area (Å²) in [5, 5.41) is 1.23. The summed E-state index contributed by atoms with van der Waals surface area (Å²) in [5.41, 5.74) is 3.69. The van der Waals surface area contributed by atoms with Crippen molar-refractivity contribution in [3.05, 3.63) is 53.7 Å². The van der Waals surface area contributed by atoms with Gasteiger partial charge in [-0.2, -0.15) is 0 Å². The minimum absolute atomic E-state index is 0.0357. The van der Waals surface area contributed by atoms with E-state index in [1.54, 1.807) is 45.6 Å². The molecule has 6 rings (SSSR count). The van der Waals surface area contributed by atoms with Crippen LogP contribution in [-0.4, -0.2) is 77.3 Å². The maximum absolute atomic E-state index is 13.3. The molecular formula is C32H39N2O8+.